The molecule has 0 amide bonds. The zero-order valence-corrected chi connectivity index (χ0v) is 17.7. The van der Waals surface area contributed by atoms with Gasteiger partial charge in [0, 0.05) is 29.8 Å². The van der Waals surface area contributed by atoms with Gasteiger partial charge in [-0.25, -0.2) is 4.79 Å². The highest BCUT2D eigenvalue weighted by molar-refractivity contribution is 5.88. The lowest BCUT2D eigenvalue weighted by Gasteiger charge is -2.17. The van der Waals surface area contributed by atoms with Crippen LogP contribution in [-0.2, 0) is 0 Å². The molecule has 1 atom stereocenters. The van der Waals surface area contributed by atoms with Crippen LogP contribution in [0.2, 0.25) is 0 Å². The zero-order valence-electron chi connectivity index (χ0n) is 17.7. The second kappa shape index (κ2) is 8.94. The van der Waals surface area contributed by atoms with Gasteiger partial charge < -0.3 is 9.52 Å². The maximum atomic E-state index is 12.1. The molecule has 0 fully saturated rings. The number of phenolic OH excluding ortho intramolecular Hbond substituents is 1. The molecule has 10 nitrogen and oxygen atoms in total. The maximum Gasteiger partial charge on any atom is 0.336 e. The highest BCUT2D eigenvalue weighted by Gasteiger charge is 2.28. The van der Waals surface area contributed by atoms with E-state index in [0.29, 0.717) is 10.9 Å². The summed E-state index contributed by atoms with van der Waals surface area (Å²) in [5, 5.41) is 34.5. The highest BCUT2D eigenvalue weighted by Crippen LogP contribution is 2.41. The van der Waals surface area contributed by atoms with Gasteiger partial charge in [0.1, 0.15) is 17.4 Å². The van der Waals surface area contributed by atoms with Crippen LogP contribution in [0, 0.1) is 27.2 Å². The van der Waals surface area contributed by atoms with Gasteiger partial charge in [-0.15, -0.1) is 0 Å². The molecule has 10 heteroatoms. The molecule has 170 valence electrons. The molecule has 0 radical (unpaired) electrons. The van der Waals surface area contributed by atoms with Gasteiger partial charge in [0.15, 0.2) is 0 Å². The largest absolute Gasteiger partial charge is 0.507 e. The van der Waals surface area contributed by atoms with E-state index in [2.05, 4.69) is 4.99 Å². The van der Waals surface area contributed by atoms with Crippen molar-refractivity contribution in [1.29, 1.82) is 0 Å². The van der Waals surface area contributed by atoms with Gasteiger partial charge in [-0.3, -0.25) is 25.2 Å². The van der Waals surface area contributed by atoms with Crippen molar-refractivity contribution in [2.24, 2.45) is 4.99 Å². The van der Waals surface area contributed by atoms with Gasteiger partial charge in [-0.05, 0) is 36.8 Å². The molecule has 0 bridgehead atoms. The van der Waals surface area contributed by atoms with E-state index in [-0.39, 0.29) is 39.4 Å². The van der Waals surface area contributed by atoms with Crippen molar-refractivity contribution in [2.75, 3.05) is 0 Å². The number of fused-ring (bicyclic) bond motifs is 1. The molecule has 3 aromatic carbocycles. The van der Waals surface area contributed by atoms with E-state index in [1.807, 2.05) is 0 Å². The SMILES string of the molecule is Cc1cc(=O)oc2c(C(N=Cc3ccccc3[N+](=O)[O-])c3ccccc3[N+](=O)[O-])c(O)ccc12. The summed E-state index contributed by atoms with van der Waals surface area (Å²) in [6, 6.07) is 14.7. The van der Waals surface area contributed by atoms with Gasteiger partial charge in [0.25, 0.3) is 11.4 Å². The number of aliphatic imine (C=N–C) groups is 1. The second-order valence-electron chi connectivity index (χ2n) is 7.44. The smallest absolute Gasteiger partial charge is 0.336 e. The lowest BCUT2D eigenvalue weighted by molar-refractivity contribution is -0.385. The molecule has 1 aromatic heterocycles. The van der Waals surface area contributed by atoms with Crippen molar-refractivity contribution in [3.8, 4) is 5.75 Å². The lowest BCUT2D eigenvalue weighted by Crippen LogP contribution is -2.07. The predicted molar refractivity (Wildman–Crippen MR) is 125 cm³/mol. The molecule has 0 spiro atoms. The van der Waals surface area contributed by atoms with Gasteiger partial charge in [-0.2, -0.15) is 0 Å². The number of aromatic hydroxyl groups is 1. The number of para-hydroxylation sites is 2. The van der Waals surface area contributed by atoms with Crippen molar-refractivity contribution in [3.63, 3.8) is 0 Å². The van der Waals surface area contributed by atoms with Crippen LogP contribution >= 0.6 is 0 Å². The first-order chi connectivity index (χ1) is 16.3. The topological polar surface area (TPSA) is 149 Å². The van der Waals surface area contributed by atoms with Gasteiger partial charge >= 0.3 is 5.63 Å². The van der Waals surface area contributed by atoms with Crippen molar-refractivity contribution in [1.82, 2.24) is 0 Å². The molecule has 4 aromatic rings. The third-order valence-electron chi connectivity index (χ3n) is 5.33. The number of phenols is 1. The van der Waals surface area contributed by atoms with Crippen molar-refractivity contribution in [3.05, 3.63) is 120 Å². The Labute approximate surface area is 191 Å². The van der Waals surface area contributed by atoms with Gasteiger partial charge in [0.05, 0.1) is 26.5 Å². The van der Waals surface area contributed by atoms with Gasteiger partial charge in [0.2, 0.25) is 0 Å². The first-order valence-electron chi connectivity index (χ1n) is 10.0. The predicted octanol–water partition coefficient (Wildman–Crippen LogP) is 4.83. The molecule has 0 saturated heterocycles. The number of rotatable bonds is 6. The molecule has 1 N–H and O–H groups in total. The second-order valence-corrected chi connectivity index (χ2v) is 7.44. The minimum Gasteiger partial charge on any atom is -0.507 e. The summed E-state index contributed by atoms with van der Waals surface area (Å²) in [6.45, 7) is 1.69. The number of aryl methyl sites for hydroxylation is 1. The number of nitro groups is 2. The summed E-state index contributed by atoms with van der Waals surface area (Å²) in [4.78, 5) is 38.6. The van der Waals surface area contributed by atoms with Crippen LogP contribution in [0.15, 0.2) is 80.9 Å². The number of hydrogen-bond acceptors (Lipinski definition) is 8. The monoisotopic (exact) mass is 459 g/mol. The molecule has 4 rings (SSSR count). The fraction of sp³-hybridized carbons (Fsp3) is 0.0833. The normalized spacial score (nSPS) is 12.1. The molecular weight excluding hydrogens is 442 g/mol. The number of benzene rings is 3. The molecule has 34 heavy (non-hydrogen) atoms. The summed E-state index contributed by atoms with van der Waals surface area (Å²) >= 11 is 0. The fourth-order valence-electron chi connectivity index (χ4n) is 3.77. The van der Waals surface area contributed by atoms with E-state index in [0.717, 1.165) is 0 Å². The molecule has 1 heterocycles. The van der Waals surface area contributed by atoms with E-state index in [9.17, 15) is 30.1 Å². The summed E-state index contributed by atoms with van der Waals surface area (Å²) < 4.78 is 5.40. The first-order valence-corrected chi connectivity index (χ1v) is 10.0. The Morgan fingerprint density at radius 2 is 1.62 bits per heavy atom. The van der Waals surface area contributed by atoms with Crippen LogP contribution in [-0.4, -0.2) is 21.2 Å². The average molecular weight is 459 g/mol. The Morgan fingerprint density at radius 3 is 2.32 bits per heavy atom. The summed E-state index contributed by atoms with van der Waals surface area (Å²) in [6.07, 6.45) is 1.21. The van der Waals surface area contributed by atoms with E-state index >= 15 is 0 Å². The van der Waals surface area contributed by atoms with Crippen LogP contribution in [0.4, 0.5) is 11.4 Å². The maximum absolute atomic E-state index is 12.1. The van der Waals surface area contributed by atoms with Crippen LogP contribution in [0.5, 0.6) is 5.75 Å². The van der Waals surface area contributed by atoms with E-state index in [1.54, 1.807) is 25.1 Å². The lowest BCUT2D eigenvalue weighted by atomic mass is 9.94. The Morgan fingerprint density at radius 1 is 0.971 bits per heavy atom. The molecule has 0 saturated carbocycles. The summed E-state index contributed by atoms with van der Waals surface area (Å²) in [7, 11) is 0. The van der Waals surface area contributed by atoms with Crippen LogP contribution < -0.4 is 5.63 Å². The van der Waals surface area contributed by atoms with Crippen LogP contribution in [0.25, 0.3) is 11.0 Å². The van der Waals surface area contributed by atoms with E-state index in [4.69, 9.17) is 4.42 Å². The minimum absolute atomic E-state index is 0.0212. The average Bonchev–Trinajstić information content (AvgIpc) is 2.80. The fourth-order valence-corrected chi connectivity index (χ4v) is 3.77. The third-order valence-corrected chi connectivity index (χ3v) is 5.33. The third kappa shape index (κ3) is 4.11. The number of nitro benzene ring substituents is 2. The highest BCUT2D eigenvalue weighted by atomic mass is 16.6. The molecule has 0 aliphatic carbocycles. The van der Waals surface area contributed by atoms with Crippen LogP contribution in [0.1, 0.15) is 28.3 Å². The molecular formula is C24H17N3O7. The van der Waals surface area contributed by atoms with Crippen LogP contribution in [0.3, 0.4) is 0 Å². The van der Waals surface area contributed by atoms with Crippen molar-refractivity contribution >= 4 is 28.6 Å². The standard InChI is InChI=1S/C24H17N3O7/c1-14-12-21(29)34-24-16(14)10-11-20(28)22(24)23(17-7-3-5-9-19(17)27(32)33)25-13-15-6-2-4-8-18(15)26(30)31/h2-13,23,28H,1H3. The molecule has 0 aliphatic heterocycles. The van der Waals surface area contributed by atoms with Gasteiger partial charge in [-0.1, -0.05) is 24.3 Å². The minimum atomic E-state index is -1.21. The number of hydrogen-bond donors (Lipinski definition) is 1. The summed E-state index contributed by atoms with van der Waals surface area (Å²) in [5.41, 5.74) is -0.258. The molecule has 1 unspecified atom stereocenters. The Bertz CT molecular complexity index is 1530. The Balaban J connectivity index is 2.04. The summed E-state index contributed by atoms with van der Waals surface area (Å²) in [5.74, 6) is -0.302. The Hall–Kier alpha value is -4.86. The Kier molecular flexibility index (Phi) is 5.88. The first kappa shape index (κ1) is 22.3. The van der Waals surface area contributed by atoms with E-state index < -0.39 is 21.5 Å². The van der Waals surface area contributed by atoms with E-state index in [1.165, 1.54) is 54.7 Å². The number of nitrogens with zero attached hydrogens (tertiary/aromatic N) is 3. The van der Waals surface area contributed by atoms with Crippen molar-refractivity contribution < 1.29 is 19.4 Å². The zero-order chi connectivity index (χ0) is 24.4. The quantitative estimate of drug-likeness (QED) is 0.188. The molecule has 0 aliphatic rings. The van der Waals surface area contributed by atoms with Crippen molar-refractivity contribution in [2.45, 2.75) is 13.0 Å².